The van der Waals surface area contributed by atoms with Gasteiger partial charge in [-0.3, -0.25) is 4.99 Å². The van der Waals surface area contributed by atoms with Gasteiger partial charge in [-0.1, -0.05) is 53.1 Å². The van der Waals surface area contributed by atoms with Crippen LogP contribution in [0.4, 0.5) is 0 Å². The van der Waals surface area contributed by atoms with Gasteiger partial charge in [0.05, 0.1) is 14.2 Å². The maximum Gasteiger partial charge on any atom is 0.188 e. The third kappa shape index (κ3) is 5.71. The highest BCUT2D eigenvalue weighted by Crippen LogP contribution is 2.52. The van der Waals surface area contributed by atoms with E-state index in [1.54, 1.807) is 28.4 Å². The molecule has 0 heterocycles. The van der Waals surface area contributed by atoms with Crippen molar-refractivity contribution in [3.05, 3.63) is 47.5 Å². The third-order valence-electron chi connectivity index (χ3n) is 4.79. The van der Waals surface area contributed by atoms with E-state index < -0.39 is 0 Å². The fraction of sp³-hybridized carbons (Fsp3) is 0.435. The fourth-order valence-corrected chi connectivity index (χ4v) is 5.21. The summed E-state index contributed by atoms with van der Waals surface area (Å²) in [6, 6.07) is 12.3. The van der Waals surface area contributed by atoms with Gasteiger partial charge in [-0.05, 0) is 23.4 Å². The van der Waals surface area contributed by atoms with Crippen LogP contribution in [0.25, 0.3) is 0 Å². The lowest BCUT2D eigenvalue weighted by Gasteiger charge is -2.33. The van der Waals surface area contributed by atoms with E-state index in [-0.39, 0.29) is 11.9 Å². The minimum Gasteiger partial charge on any atom is -0.497 e. The lowest BCUT2D eigenvalue weighted by Crippen LogP contribution is -2.22. The SMILES string of the molecule is CCCC(C)(Pc1ccccc1C=NC)c1cc(OC)cc(OC)c1OCOC. The van der Waals surface area contributed by atoms with Gasteiger partial charge in [-0.15, -0.1) is 0 Å². The molecule has 158 valence electrons. The third-order valence-corrected chi connectivity index (χ3v) is 6.58. The Morgan fingerprint density at radius 1 is 1.10 bits per heavy atom. The topological polar surface area (TPSA) is 49.3 Å². The molecule has 0 N–H and O–H groups in total. The molecule has 2 unspecified atom stereocenters. The minimum absolute atomic E-state index is 0.153. The molecule has 0 aliphatic carbocycles. The van der Waals surface area contributed by atoms with Crippen LogP contribution >= 0.6 is 8.58 Å². The van der Waals surface area contributed by atoms with Crippen molar-refractivity contribution in [1.29, 1.82) is 0 Å². The summed E-state index contributed by atoms with van der Waals surface area (Å²) in [5, 5.41) is 1.10. The number of rotatable bonds is 11. The molecule has 29 heavy (non-hydrogen) atoms. The molecule has 0 fully saturated rings. The van der Waals surface area contributed by atoms with E-state index in [0.717, 1.165) is 29.7 Å². The molecule has 5 nitrogen and oxygen atoms in total. The molecule has 0 spiro atoms. The second-order valence-electron chi connectivity index (χ2n) is 6.94. The lowest BCUT2D eigenvalue weighted by atomic mass is 9.93. The summed E-state index contributed by atoms with van der Waals surface area (Å²) in [5.74, 6) is 2.10. The molecule has 0 aliphatic heterocycles. The summed E-state index contributed by atoms with van der Waals surface area (Å²) < 4.78 is 22.4. The van der Waals surface area contributed by atoms with Gasteiger partial charge in [0.25, 0.3) is 0 Å². The van der Waals surface area contributed by atoms with E-state index in [1.165, 1.54) is 5.30 Å². The van der Waals surface area contributed by atoms with Gasteiger partial charge in [0.15, 0.2) is 18.3 Å². The Balaban J connectivity index is 2.63. The summed E-state index contributed by atoms with van der Waals surface area (Å²) >= 11 is 0. The first kappa shape index (κ1) is 23.2. The largest absolute Gasteiger partial charge is 0.497 e. The number of aliphatic imine (C=N–C) groups is 1. The Bertz CT molecular complexity index is 825. The van der Waals surface area contributed by atoms with Crippen molar-refractivity contribution in [3.8, 4) is 17.2 Å². The van der Waals surface area contributed by atoms with Crippen molar-refractivity contribution < 1.29 is 18.9 Å². The predicted octanol–water partition coefficient (Wildman–Crippen LogP) is 4.75. The van der Waals surface area contributed by atoms with Crippen LogP contribution < -0.4 is 19.5 Å². The Kier molecular flexibility index (Phi) is 8.94. The second-order valence-corrected chi connectivity index (χ2v) is 8.83. The molecule has 0 saturated heterocycles. The van der Waals surface area contributed by atoms with Crippen LogP contribution in [0.15, 0.2) is 41.4 Å². The van der Waals surface area contributed by atoms with E-state index in [2.05, 4.69) is 43.1 Å². The zero-order valence-corrected chi connectivity index (χ0v) is 19.2. The van der Waals surface area contributed by atoms with Crippen LogP contribution in [-0.4, -0.2) is 41.4 Å². The van der Waals surface area contributed by atoms with Gasteiger partial charge in [0.2, 0.25) is 0 Å². The van der Waals surface area contributed by atoms with Crippen LogP contribution in [0.1, 0.15) is 37.8 Å². The van der Waals surface area contributed by atoms with Crippen molar-refractivity contribution in [1.82, 2.24) is 0 Å². The molecule has 0 aromatic heterocycles. The van der Waals surface area contributed by atoms with Crippen molar-refractivity contribution in [2.45, 2.75) is 31.8 Å². The number of methoxy groups -OCH3 is 3. The molecule has 2 atom stereocenters. The number of nitrogens with zero attached hydrogens (tertiary/aromatic N) is 1. The van der Waals surface area contributed by atoms with Crippen LogP contribution in [0, 0.1) is 0 Å². The molecule has 2 aromatic carbocycles. The highest BCUT2D eigenvalue weighted by molar-refractivity contribution is 7.48. The average molecular weight is 417 g/mol. The van der Waals surface area contributed by atoms with Gasteiger partial charge >= 0.3 is 0 Å². The van der Waals surface area contributed by atoms with Gasteiger partial charge in [0.1, 0.15) is 5.75 Å². The van der Waals surface area contributed by atoms with Crippen molar-refractivity contribution >= 4 is 20.1 Å². The maximum atomic E-state index is 5.99. The fourth-order valence-electron chi connectivity index (χ4n) is 3.45. The first-order valence-corrected chi connectivity index (χ1v) is 10.7. The zero-order chi connectivity index (χ0) is 21.3. The molecular formula is C23H32NO4P. The number of ether oxygens (including phenoxy) is 4. The van der Waals surface area contributed by atoms with Gasteiger partial charge in [-0.2, -0.15) is 0 Å². The Morgan fingerprint density at radius 2 is 1.86 bits per heavy atom. The Morgan fingerprint density at radius 3 is 2.48 bits per heavy atom. The second kappa shape index (κ2) is 11.2. The number of benzene rings is 2. The molecule has 0 radical (unpaired) electrons. The van der Waals surface area contributed by atoms with Crippen molar-refractivity contribution in [3.63, 3.8) is 0 Å². The molecule has 2 rings (SSSR count). The van der Waals surface area contributed by atoms with E-state index in [9.17, 15) is 0 Å². The highest BCUT2D eigenvalue weighted by atomic mass is 31.1. The van der Waals surface area contributed by atoms with Crippen LogP contribution in [0.2, 0.25) is 0 Å². The normalized spacial score (nSPS) is 13.7. The first-order chi connectivity index (χ1) is 14.0. The average Bonchev–Trinajstić information content (AvgIpc) is 2.73. The van der Waals surface area contributed by atoms with Crippen molar-refractivity contribution in [2.75, 3.05) is 35.2 Å². The van der Waals surface area contributed by atoms with Crippen molar-refractivity contribution in [2.24, 2.45) is 4.99 Å². The summed E-state index contributed by atoms with van der Waals surface area (Å²) in [4.78, 5) is 4.23. The molecule has 0 amide bonds. The maximum absolute atomic E-state index is 5.99. The number of hydrogen-bond acceptors (Lipinski definition) is 5. The van der Waals surface area contributed by atoms with E-state index in [0.29, 0.717) is 20.1 Å². The van der Waals surface area contributed by atoms with E-state index in [1.807, 2.05) is 18.3 Å². The molecule has 0 saturated carbocycles. The van der Waals surface area contributed by atoms with E-state index >= 15 is 0 Å². The Hall–Kier alpha value is -2.10. The summed E-state index contributed by atoms with van der Waals surface area (Å²) in [5.41, 5.74) is 2.21. The van der Waals surface area contributed by atoms with Gasteiger partial charge in [-0.25, -0.2) is 0 Å². The van der Waals surface area contributed by atoms with Crippen LogP contribution in [-0.2, 0) is 9.89 Å². The molecule has 0 bridgehead atoms. The summed E-state index contributed by atoms with van der Waals surface area (Å²) in [6.45, 7) is 4.64. The minimum atomic E-state index is -0.169. The van der Waals surface area contributed by atoms with Gasteiger partial charge < -0.3 is 18.9 Å². The predicted molar refractivity (Wildman–Crippen MR) is 122 cm³/mol. The monoisotopic (exact) mass is 417 g/mol. The molecule has 0 aliphatic rings. The van der Waals surface area contributed by atoms with Crippen LogP contribution in [0.3, 0.4) is 0 Å². The highest BCUT2D eigenvalue weighted by Gasteiger charge is 2.33. The quantitative estimate of drug-likeness (QED) is 0.301. The lowest BCUT2D eigenvalue weighted by molar-refractivity contribution is 0.0479. The Labute approximate surface area is 176 Å². The molecule has 2 aromatic rings. The first-order valence-electron chi connectivity index (χ1n) is 9.70. The van der Waals surface area contributed by atoms with Gasteiger partial charge in [0, 0.05) is 37.2 Å². The summed E-state index contributed by atoms with van der Waals surface area (Å²) in [7, 11) is 7.24. The van der Waals surface area contributed by atoms with E-state index in [4.69, 9.17) is 18.9 Å². The van der Waals surface area contributed by atoms with Crippen LogP contribution in [0.5, 0.6) is 17.2 Å². The zero-order valence-electron chi connectivity index (χ0n) is 18.2. The number of hydrogen-bond donors (Lipinski definition) is 0. The smallest absolute Gasteiger partial charge is 0.188 e. The summed E-state index contributed by atoms with van der Waals surface area (Å²) in [6.07, 6.45) is 3.95. The molecule has 6 heteroatoms. The molecular weight excluding hydrogens is 385 g/mol. The standard InChI is InChI=1S/C23H32NO4P/c1-7-12-23(2,29-21-11-9-8-10-17(21)15-24-3)19-13-18(26-5)14-20(27-6)22(19)28-16-25-4/h8-11,13-15,29H,7,12,16H2,1-6H3.